The van der Waals surface area contributed by atoms with Crippen LogP contribution in [0.1, 0.15) is 39.5 Å². The molecule has 0 aliphatic carbocycles. The molecule has 1 nitrogen and oxygen atoms in total. The average Bonchev–Trinajstić information content (AvgIpc) is 2.05. The standard InChI is InChI=1S/C8H20INSi/c1-3-5-7-10(11-9)8-6-4-2/h3-8,11H2,1-2H3. The van der Waals surface area contributed by atoms with Crippen LogP contribution < -0.4 is 0 Å². The molecule has 68 valence electrons. The number of halogens is 1. The summed E-state index contributed by atoms with van der Waals surface area (Å²) in [5, 5.41) is 0. The number of hydrogen-bond donors (Lipinski definition) is 0. The van der Waals surface area contributed by atoms with Crippen LogP contribution in [0.15, 0.2) is 0 Å². The molecule has 0 rings (SSSR count). The van der Waals surface area contributed by atoms with Gasteiger partial charge in [0, 0.05) is 0 Å². The highest BCUT2D eigenvalue weighted by molar-refractivity contribution is 14.1. The molecule has 0 aromatic heterocycles. The first-order chi connectivity index (χ1) is 5.35. The lowest BCUT2D eigenvalue weighted by molar-refractivity contribution is 0.427. The topological polar surface area (TPSA) is 3.24 Å². The van der Waals surface area contributed by atoms with Crippen molar-refractivity contribution >= 4 is 29.0 Å². The van der Waals surface area contributed by atoms with Crippen LogP contribution in [-0.4, -0.2) is 24.8 Å². The number of nitrogens with zero attached hydrogens (tertiary/aromatic N) is 1. The zero-order chi connectivity index (χ0) is 8.53. The van der Waals surface area contributed by atoms with Gasteiger partial charge in [-0.25, -0.2) is 0 Å². The van der Waals surface area contributed by atoms with E-state index in [0.29, 0.717) is 0 Å². The van der Waals surface area contributed by atoms with Gasteiger partial charge in [0.05, 0.1) is 0 Å². The maximum atomic E-state index is 2.67. The van der Waals surface area contributed by atoms with Crippen LogP contribution in [0.2, 0.25) is 0 Å². The highest BCUT2D eigenvalue weighted by Crippen LogP contribution is 1.99. The summed E-state index contributed by atoms with van der Waals surface area (Å²) < 4.78 is 2.67. The monoisotopic (exact) mass is 285 g/mol. The van der Waals surface area contributed by atoms with E-state index in [4.69, 9.17) is 0 Å². The molecular formula is C8H20INSi. The van der Waals surface area contributed by atoms with Gasteiger partial charge in [0.25, 0.3) is 0 Å². The summed E-state index contributed by atoms with van der Waals surface area (Å²) in [6, 6.07) is 0. The highest BCUT2D eigenvalue weighted by Gasteiger charge is 1.99. The Labute approximate surface area is 86.0 Å². The fourth-order valence-electron chi connectivity index (χ4n) is 0.995. The SMILES string of the molecule is CCCCN(CCCC)[SiH2]I. The maximum absolute atomic E-state index is 2.67. The molecule has 0 spiro atoms. The fourth-order valence-corrected chi connectivity index (χ4v) is 3.73. The van der Waals surface area contributed by atoms with E-state index in [0.717, 1.165) is 0 Å². The molecule has 0 amide bonds. The van der Waals surface area contributed by atoms with Crippen molar-refractivity contribution in [3.8, 4) is 0 Å². The molecule has 0 aliphatic rings. The van der Waals surface area contributed by atoms with Crippen LogP contribution in [0.5, 0.6) is 0 Å². The van der Waals surface area contributed by atoms with Gasteiger partial charge in [-0.2, -0.15) is 0 Å². The van der Waals surface area contributed by atoms with Crippen molar-refractivity contribution in [3.05, 3.63) is 0 Å². The third-order valence-electron chi connectivity index (χ3n) is 1.82. The van der Waals surface area contributed by atoms with Gasteiger partial charge < -0.3 is 4.57 Å². The van der Waals surface area contributed by atoms with Crippen molar-refractivity contribution in [2.45, 2.75) is 39.5 Å². The smallest absolute Gasteiger partial charge is 0.166 e. The molecule has 0 fully saturated rings. The molecule has 0 saturated carbocycles. The zero-order valence-corrected chi connectivity index (χ0v) is 11.3. The summed E-state index contributed by atoms with van der Waals surface area (Å²) in [6.45, 7) is 7.25. The predicted molar refractivity (Wildman–Crippen MR) is 64.0 cm³/mol. The summed E-state index contributed by atoms with van der Waals surface area (Å²) in [5.74, 6) is 0. The van der Waals surface area contributed by atoms with Crippen molar-refractivity contribution in [1.29, 1.82) is 0 Å². The summed E-state index contributed by atoms with van der Waals surface area (Å²) in [7, 11) is 0.0907. The molecule has 0 aliphatic heterocycles. The molecule has 11 heavy (non-hydrogen) atoms. The number of rotatable bonds is 7. The fraction of sp³-hybridized carbons (Fsp3) is 1.00. The van der Waals surface area contributed by atoms with E-state index in [2.05, 4.69) is 40.2 Å². The van der Waals surface area contributed by atoms with Gasteiger partial charge in [0.1, 0.15) is 0 Å². The molecule has 0 radical (unpaired) electrons. The van der Waals surface area contributed by atoms with Crippen molar-refractivity contribution in [3.63, 3.8) is 0 Å². The Kier molecular flexibility index (Phi) is 9.74. The first-order valence-electron chi connectivity index (χ1n) is 4.63. The van der Waals surface area contributed by atoms with Crippen LogP contribution in [0.25, 0.3) is 0 Å². The molecule has 0 aromatic rings. The van der Waals surface area contributed by atoms with E-state index in [1.807, 2.05) is 0 Å². The first kappa shape index (κ1) is 11.9. The molecule has 0 saturated heterocycles. The van der Waals surface area contributed by atoms with Gasteiger partial charge in [-0.05, 0) is 25.9 Å². The molecule has 0 heterocycles. The summed E-state index contributed by atoms with van der Waals surface area (Å²) >= 11 is 2.59. The second-order valence-corrected chi connectivity index (χ2v) is 6.12. The van der Waals surface area contributed by atoms with Crippen molar-refractivity contribution < 1.29 is 0 Å². The Morgan fingerprint density at radius 2 is 1.55 bits per heavy atom. The Balaban J connectivity index is 3.25. The van der Waals surface area contributed by atoms with Gasteiger partial charge in [0.2, 0.25) is 0 Å². The van der Waals surface area contributed by atoms with Crippen LogP contribution in [0.3, 0.4) is 0 Å². The number of unbranched alkanes of at least 4 members (excludes halogenated alkanes) is 2. The van der Waals surface area contributed by atoms with E-state index < -0.39 is 0 Å². The summed E-state index contributed by atoms with van der Waals surface area (Å²) in [6.07, 6.45) is 5.46. The molecule has 0 atom stereocenters. The Bertz CT molecular complexity index is 72.5. The van der Waals surface area contributed by atoms with Crippen LogP contribution in [0, 0.1) is 0 Å². The van der Waals surface area contributed by atoms with Gasteiger partial charge in [-0.1, -0.05) is 26.7 Å². The van der Waals surface area contributed by atoms with Gasteiger partial charge in [0.15, 0.2) is 7.18 Å². The van der Waals surface area contributed by atoms with E-state index in [-0.39, 0.29) is 7.18 Å². The second-order valence-electron chi connectivity index (χ2n) is 2.94. The zero-order valence-electron chi connectivity index (χ0n) is 7.77. The highest BCUT2D eigenvalue weighted by atomic mass is 127. The lowest BCUT2D eigenvalue weighted by Crippen LogP contribution is -2.26. The minimum absolute atomic E-state index is 0.0907. The van der Waals surface area contributed by atoms with Crippen molar-refractivity contribution in [1.82, 2.24) is 4.57 Å². The van der Waals surface area contributed by atoms with Crippen LogP contribution >= 0.6 is 21.8 Å². The van der Waals surface area contributed by atoms with Crippen LogP contribution in [-0.2, 0) is 0 Å². The largest absolute Gasteiger partial charge is 0.320 e. The van der Waals surface area contributed by atoms with Gasteiger partial charge in [-0.15, -0.1) is 21.8 Å². The van der Waals surface area contributed by atoms with E-state index >= 15 is 0 Å². The van der Waals surface area contributed by atoms with Gasteiger partial charge in [-0.3, -0.25) is 0 Å². The minimum Gasteiger partial charge on any atom is -0.320 e. The molecule has 0 unspecified atom stereocenters. The maximum Gasteiger partial charge on any atom is 0.166 e. The van der Waals surface area contributed by atoms with E-state index in [1.54, 1.807) is 0 Å². The molecule has 0 bridgehead atoms. The second kappa shape index (κ2) is 9.00. The predicted octanol–water partition coefficient (Wildman–Crippen LogP) is 2.32. The third-order valence-corrected chi connectivity index (χ3v) is 5.69. The molecule has 0 aromatic carbocycles. The summed E-state index contributed by atoms with van der Waals surface area (Å²) in [5.41, 5.74) is 0. The minimum atomic E-state index is 0.0907. The number of hydrogen-bond acceptors (Lipinski definition) is 1. The lowest BCUT2D eigenvalue weighted by Gasteiger charge is -2.18. The quantitative estimate of drug-likeness (QED) is 0.394. The van der Waals surface area contributed by atoms with E-state index in [9.17, 15) is 0 Å². The lowest BCUT2D eigenvalue weighted by atomic mass is 10.3. The molecular weight excluding hydrogens is 265 g/mol. The van der Waals surface area contributed by atoms with Gasteiger partial charge >= 0.3 is 0 Å². The normalized spacial score (nSPS) is 12.0. The van der Waals surface area contributed by atoms with Crippen LogP contribution in [0.4, 0.5) is 0 Å². The Morgan fingerprint density at radius 3 is 1.82 bits per heavy atom. The molecule has 3 heteroatoms. The van der Waals surface area contributed by atoms with Crippen molar-refractivity contribution in [2.24, 2.45) is 0 Å². The first-order valence-corrected chi connectivity index (χ1v) is 10.4. The Hall–Kier alpha value is 0.907. The van der Waals surface area contributed by atoms with Crippen molar-refractivity contribution in [2.75, 3.05) is 13.1 Å². The molecule has 0 N–H and O–H groups in total. The third kappa shape index (κ3) is 7.27. The average molecular weight is 285 g/mol. The Morgan fingerprint density at radius 1 is 1.09 bits per heavy atom. The summed E-state index contributed by atoms with van der Waals surface area (Å²) in [4.78, 5) is 0. The van der Waals surface area contributed by atoms with E-state index in [1.165, 1.54) is 38.8 Å².